The van der Waals surface area contributed by atoms with Crippen LogP contribution in [-0.2, 0) is 16.0 Å². The molecule has 2 N–H and O–H groups in total. The molecule has 0 bridgehead atoms. The Kier molecular flexibility index (Phi) is 7.35. The molecule has 2 aromatic rings. The first-order valence-electron chi connectivity index (χ1n) is 8.48. The van der Waals surface area contributed by atoms with Crippen LogP contribution in [-0.4, -0.2) is 36.9 Å². The van der Waals surface area contributed by atoms with E-state index in [-0.39, 0.29) is 29.9 Å². The Morgan fingerprint density at radius 1 is 1.11 bits per heavy atom. The first kappa shape index (κ1) is 20.4. The van der Waals surface area contributed by atoms with Crippen LogP contribution in [0.2, 0.25) is 5.02 Å². The Labute approximate surface area is 163 Å². The molecule has 0 aromatic heterocycles. The van der Waals surface area contributed by atoms with E-state index in [1.165, 1.54) is 6.07 Å². The zero-order valence-electron chi connectivity index (χ0n) is 15.3. The highest BCUT2D eigenvalue weighted by molar-refractivity contribution is 6.32. The van der Waals surface area contributed by atoms with Gasteiger partial charge < -0.3 is 10.6 Å². The summed E-state index contributed by atoms with van der Waals surface area (Å²) in [5.41, 5.74) is 2.69. The number of amides is 2. The average Bonchev–Trinajstić information content (AvgIpc) is 2.61. The number of likely N-dealkylation sites (N-methyl/N-ethyl adjacent to an activating group) is 1. The molecule has 7 heteroatoms. The quantitative estimate of drug-likeness (QED) is 0.767. The van der Waals surface area contributed by atoms with E-state index in [1.54, 1.807) is 24.1 Å². The van der Waals surface area contributed by atoms with E-state index < -0.39 is 0 Å². The number of anilines is 2. The van der Waals surface area contributed by atoms with Gasteiger partial charge in [0.1, 0.15) is 6.07 Å². The number of nitrogens with zero attached hydrogens (tertiary/aromatic N) is 2. The summed E-state index contributed by atoms with van der Waals surface area (Å²) in [7, 11) is 1.69. The van der Waals surface area contributed by atoms with Gasteiger partial charge in [-0.3, -0.25) is 14.5 Å². The van der Waals surface area contributed by atoms with Crippen molar-refractivity contribution in [1.29, 1.82) is 5.26 Å². The summed E-state index contributed by atoms with van der Waals surface area (Å²) in [6.07, 6.45) is 0.821. The molecule has 0 aliphatic rings. The minimum atomic E-state index is -0.278. The number of nitriles is 1. The van der Waals surface area contributed by atoms with Gasteiger partial charge in [0.05, 0.1) is 23.7 Å². The van der Waals surface area contributed by atoms with Crippen molar-refractivity contribution in [2.75, 3.05) is 30.8 Å². The minimum absolute atomic E-state index is 0.0421. The van der Waals surface area contributed by atoms with Gasteiger partial charge in [-0.05, 0) is 43.3 Å². The van der Waals surface area contributed by atoms with Crippen molar-refractivity contribution in [2.45, 2.75) is 13.3 Å². The standard InChI is InChI=1S/C20H21ClN4O2/c1-3-14-6-4-5-7-18(14)24-20(27)13-25(2)12-19(26)23-16-9-8-15(11-22)17(21)10-16/h4-10H,3,12-13H2,1-2H3,(H,23,26)(H,24,27). The van der Waals surface area contributed by atoms with Gasteiger partial charge in [0.2, 0.25) is 11.8 Å². The number of hydrogen-bond acceptors (Lipinski definition) is 4. The lowest BCUT2D eigenvalue weighted by molar-refractivity contribution is -0.119. The van der Waals surface area contributed by atoms with Crippen LogP contribution in [0.4, 0.5) is 11.4 Å². The molecule has 0 saturated heterocycles. The molecule has 6 nitrogen and oxygen atoms in total. The maximum Gasteiger partial charge on any atom is 0.238 e. The van der Waals surface area contributed by atoms with Crippen molar-refractivity contribution >= 4 is 34.8 Å². The predicted molar refractivity (Wildman–Crippen MR) is 107 cm³/mol. The van der Waals surface area contributed by atoms with Gasteiger partial charge in [0.25, 0.3) is 0 Å². The molecule has 0 unspecified atom stereocenters. The van der Waals surface area contributed by atoms with Crippen molar-refractivity contribution in [1.82, 2.24) is 4.90 Å². The second kappa shape index (κ2) is 9.72. The lowest BCUT2D eigenvalue weighted by Crippen LogP contribution is -2.36. The van der Waals surface area contributed by atoms with Crippen LogP contribution in [0.25, 0.3) is 0 Å². The number of carbonyl (C=O) groups excluding carboxylic acids is 2. The van der Waals surface area contributed by atoms with E-state index in [0.717, 1.165) is 17.7 Å². The zero-order valence-corrected chi connectivity index (χ0v) is 16.0. The molecule has 2 aromatic carbocycles. The van der Waals surface area contributed by atoms with Gasteiger partial charge in [0, 0.05) is 11.4 Å². The number of aryl methyl sites for hydroxylation is 1. The molecule has 27 heavy (non-hydrogen) atoms. The largest absolute Gasteiger partial charge is 0.325 e. The van der Waals surface area contributed by atoms with E-state index in [0.29, 0.717) is 11.3 Å². The molecule has 0 atom stereocenters. The summed E-state index contributed by atoms with van der Waals surface area (Å²) in [4.78, 5) is 26.0. The van der Waals surface area contributed by atoms with Gasteiger partial charge in [0.15, 0.2) is 0 Å². The molecular formula is C20H21ClN4O2. The van der Waals surface area contributed by atoms with E-state index in [4.69, 9.17) is 16.9 Å². The lowest BCUT2D eigenvalue weighted by Gasteiger charge is -2.17. The summed E-state index contributed by atoms with van der Waals surface area (Å²) in [6, 6.07) is 14.3. The second-order valence-corrected chi connectivity index (χ2v) is 6.49. The summed E-state index contributed by atoms with van der Waals surface area (Å²) in [6.45, 7) is 2.15. The lowest BCUT2D eigenvalue weighted by atomic mass is 10.1. The van der Waals surface area contributed by atoms with Crippen LogP contribution in [0.3, 0.4) is 0 Å². The molecule has 0 spiro atoms. The Bertz CT molecular complexity index is 877. The number of hydrogen-bond donors (Lipinski definition) is 2. The van der Waals surface area contributed by atoms with Crippen LogP contribution in [0.1, 0.15) is 18.1 Å². The van der Waals surface area contributed by atoms with Gasteiger partial charge in [-0.1, -0.05) is 36.7 Å². The monoisotopic (exact) mass is 384 g/mol. The van der Waals surface area contributed by atoms with E-state index in [2.05, 4.69) is 10.6 Å². The normalized spacial score (nSPS) is 10.3. The molecule has 2 amide bonds. The fourth-order valence-electron chi connectivity index (χ4n) is 2.57. The summed E-state index contributed by atoms with van der Waals surface area (Å²) < 4.78 is 0. The van der Waals surface area contributed by atoms with Crippen LogP contribution in [0, 0.1) is 11.3 Å². The third kappa shape index (κ3) is 6.10. The highest BCUT2D eigenvalue weighted by Crippen LogP contribution is 2.20. The second-order valence-electron chi connectivity index (χ2n) is 6.09. The fraction of sp³-hybridized carbons (Fsp3) is 0.250. The Balaban J connectivity index is 1.86. The first-order valence-corrected chi connectivity index (χ1v) is 8.86. The summed E-state index contributed by atoms with van der Waals surface area (Å²) in [5.74, 6) is -0.465. The molecule has 0 heterocycles. The van der Waals surface area contributed by atoms with Gasteiger partial charge in [-0.2, -0.15) is 5.26 Å². The highest BCUT2D eigenvalue weighted by atomic mass is 35.5. The van der Waals surface area contributed by atoms with Crippen LogP contribution < -0.4 is 10.6 Å². The molecule has 0 radical (unpaired) electrons. The average molecular weight is 385 g/mol. The number of rotatable bonds is 7. The van der Waals surface area contributed by atoms with Crippen molar-refractivity contribution < 1.29 is 9.59 Å². The maximum absolute atomic E-state index is 12.2. The Hall–Kier alpha value is -2.88. The number of nitrogens with one attached hydrogen (secondary N) is 2. The molecule has 0 aliphatic heterocycles. The van der Waals surface area contributed by atoms with E-state index >= 15 is 0 Å². The van der Waals surface area contributed by atoms with Crippen molar-refractivity contribution in [3.63, 3.8) is 0 Å². The predicted octanol–water partition coefficient (Wildman–Crippen LogP) is 3.28. The topological polar surface area (TPSA) is 85.2 Å². The SMILES string of the molecule is CCc1ccccc1NC(=O)CN(C)CC(=O)Nc1ccc(C#N)c(Cl)c1. The van der Waals surface area contributed by atoms with Gasteiger partial charge in [-0.15, -0.1) is 0 Å². The molecule has 140 valence electrons. The van der Waals surface area contributed by atoms with Gasteiger partial charge in [-0.25, -0.2) is 0 Å². The Morgan fingerprint density at radius 2 is 1.78 bits per heavy atom. The van der Waals surface area contributed by atoms with E-state index in [1.807, 2.05) is 37.3 Å². The Morgan fingerprint density at radius 3 is 2.41 bits per heavy atom. The zero-order chi connectivity index (χ0) is 19.8. The third-order valence-electron chi connectivity index (χ3n) is 3.87. The van der Waals surface area contributed by atoms with Crippen molar-refractivity contribution in [3.8, 4) is 6.07 Å². The summed E-state index contributed by atoms with van der Waals surface area (Å²) >= 11 is 5.95. The van der Waals surface area contributed by atoms with E-state index in [9.17, 15) is 9.59 Å². The number of para-hydroxylation sites is 1. The molecule has 0 saturated carbocycles. The van der Waals surface area contributed by atoms with Crippen LogP contribution in [0.15, 0.2) is 42.5 Å². The molecule has 0 fully saturated rings. The fourth-order valence-corrected chi connectivity index (χ4v) is 2.79. The summed E-state index contributed by atoms with van der Waals surface area (Å²) in [5, 5.41) is 14.7. The smallest absolute Gasteiger partial charge is 0.238 e. The van der Waals surface area contributed by atoms with Crippen molar-refractivity contribution in [3.05, 3.63) is 58.6 Å². The van der Waals surface area contributed by atoms with Crippen LogP contribution in [0.5, 0.6) is 0 Å². The van der Waals surface area contributed by atoms with Crippen molar-refractivity contribution in [2.24, 2.45) is 0 Å². The molecule has 2 rings (SSSR count). The first-order chi connectivity index (χ1) is 12.9. The highest BCUT2D eigenvalue weighted by Gasteiger charge is 2.12. The van der Waals surface area contributed by atoms with Crippen LogP contribution >= 0.6 is 11.6 Å². The number of halogens is 1. The number of carbonyl (C=O) groups is 2. The number of benzene rings is 2. The van der Waals surface area contributed by atoms with Gasteiger partial charge >= 0.3 is 0 Å². The molecule has 0 aliphatic carbocycles. The minimum Gasteiger partial charge on any atom is -0.325 e. The molecular weight excluding hydrogens is 364 g/mol. The third-order valence-corrected chi connectivity index (χ3v) is 4.19. The maximum atomic E-state index is 12.2.